The van der Waals surface area contributed by atoms with Gasteiger partial charge >= 0.3 is 0 Å². The summed E-state index contributed by atoms with van der Waals surface area (Å²) in [6.07, 6.45) is 3.49. The second kappa shape index (κ2) is 5.48. The van der Waals surface area contributed by atoms with E-state index in [0.29, 0.717) is 10.6 Å². The quantitative estimate of drug-likeness (QED) is 0.863. The van der Waals surface area contributed by atoms with Crippen molar-refractivity contribution in [3.63, 3.8) is 0 Å². The summed E-state index contributed by atoms with van der Waals surface area (Å²) in [7, 11) is 0. The lowest BCUT2D eigenvalue weighted by Crippen LogP contribution is -2.21. The molecule has 0 atom stereocenters. The molecule has 0 spiro atoms. The first kappa shape index (κ1) is 13.0. The Kier molecular flexibility index (Phi) is 4.20. The first-order valence-electron chi connectivity index (χ1n) is 6.11. The maximum Gasteiger partial charge on any atom is 0.204 e. The molecule has 2 rings (SSSR count). The van der Waals surface area contributed by atoms with Gasteiger partial charge in [0, 0.05) is 18.8 Å². The number of H-pyrrole nitrogens is 1. The molecular formula is C12H18BrN3S. The van der Waals surface area contributed by atoms with Gasteiger partial charge in [0.2, 0.25) is 5.95 Å². The van der Waals surface area contributed by atoms with E-state index in [-0.39, 0.29) is 0 Å². The van der Waals surface area contributed by atoms with Gasteiger partial charge in [0.25, 0.3) is 0 Å². The van der Waals surface area contributed by atoms with E-state index in [1.807, 2.05) is 0 Å². The van der Waals surface area contributed by atoms with E-state index in [1.165, 1.54) is 18.5 Å². The molecule has 0 bridgehead atoms. The van der Waals surface area contributed by atoms with Gasteiger partial charge in [0.1, 0.15) is 4.64 Å². The number of hydrogen-bond donors (Lipinski definition) is 1. The van der Waals surface area contributed by atoms with Crippen LogP contribution in [0.25, 0.3) is 0 Å². The van der Waals surface area contributed by atoms with E-state index >= 15 is 0 Å². The van der Waals surface area contributed by atoms with Crippen molar-refractivity contribution in [2.75, 3.05) is 18.0 Å². The van der Waals surface area contributed by atoms with Crippen LogP contribution in [0.1, 0.15) is 32.4 Å². The van der Waals surface area contributed by atoms with E-state index in [9.17, 15) is 0 Å². The summed E-state index contributed by atoms with van der Waals surface area (Å²) < 4.78 is 1.62. The second-order valence-corrected chi connectivity index (χ2v) is 6.13. The minimum atomic E-state index is 0.603. The standard InChI is InChI=1S/C12H18BrN3S/c1-8(2)7-9-10(13)11(17)15-12(14-9)16-5-3-4-6-16/h8H,3-7H2,1-2H3,(H,14,15,17). The molecule has 2 heterocycles. The molecule has 1 N–H and O–H groups in total. The van der Waals surface area contributed by atoms with Gasteiger partial charge in [-0.15, -0.1) is 0 Å². The average molecular weight is 316 g/mol. The summed E-state index contributed by atoms with van der Waals surface area (Å²) in [5.41, 5.74) is 1.17. The summed E-state index contributed by atoms with van der Waals surface area (Å²) in [6, 6.07) is 0. The monoisotopic (exact) mass is 315 g/mol. The Morgan fingerprint density at radius 2 is 2.06 bits per heavy atom. The molecule has 1 aromatic heterocycles. The number of aromatic nitrogens is 2. The van der Waals surface area contributed by atoms with Crippen LogP contribution in [0.2, 0.25) is 0 Å². The van der Waals surface area contributed by atoms with Gasteiger partial charge in [-0.3, -0.25) is 0 Å². The molecule has 1 fully saturated rings. The van der Waals surface area contributed by atoms with Gasteiger partial charge in [0.05, 0.1) is 4.47 Å². The van der Waals surface area contributed by atoms with Crippen molar-refractivity contribution in [2.24, 2.45) is 5.92 Å². The maximum absolute atomic E-state index is 5.31. The Morgan fingerprint density at radius 3 is 2.65 bits per heavy atom. The third-order valence-corrected chi connectivity index (χ3v) is 4.35. The lowest BCUT2D eigenvalue weighted by atomic mass is 10.1. The second-order valence-electron chi connectivity index (χ2n) is 4.95. The van der Waals surface area contributed by atoms with Crippen LogP contribution in [0.5, 0.6) is 0 Å². The van der Waals surface area contributed by atoms with Crippen molar-refractivity contribution in [3.8, 4) is 0 Å². The highest BCUT2D eigenvalue weighted by atomic mass is 79.9. The molecule has 0 saturated carbocycles. The van der Waals surface area contributed by atoms with Crippen molar-refractivity contribution in [1.29, 1.82) is 0 Å². The minimum absolute atomic E-state index is 0.603. The highest BCUT2D eigenvalue weighted by Gasteiger charge is 2.16. The number of nitrogens with zero attached hydrogens (tertiary/aromatic N) is 2. The molecule has 0 aromatic carbocycles. The minimum Gasteiger partial charge on any atom is -0.342 e. The number of rotatable bonds is 3. The lowest BCUT2D eigenvalue weighted by molar-refractivity contribution is 0.630. The van der Waals surface area contributed by atoms with Crippen molar-refractivity contribution < 1.29 is 0 Å². The zero-order chi connectivity index (χ0) is 12.4. The molecule has 5 heteroatoms. The Hall–Kier alpha value is -0.420. The Morgan fingerprint density at radius 1 is 1.41 bits per heavy atom. The highest BCUT2D eigenvalue weighted by molar-refractivity contribution is 9.10. The summed E-state index contributed by atoms with van der Waals surface area (Å²) in [4.78, 5) is 10.2. The van der Waals surface area contributed by atoms with Crippen molar-refractivity contribution >= 4 is 34.1 Å². The van der Waals surface area contributed by atoms with E-state index in [1.54, 1.807) is 0 Å². The fourth-order valence-corrected chi connectivity index (χ4v) is 2.68. The van der Waals surface area contributed by atoms with E-state index in [4.69, 9.17) is 12.2 Å². The van der Waals surface area contributed by atoms with Crippen LogP contribution in [-0.2, 0) is 6.42 Å². The van der Waals surface area contributed by atoms with Gasteiger partial charge in [-0.25, -0.2) is 4.98 Å². The van der Waals surface area contributed by atoms with Crippen LogP contribution < -0.4 is 4.90 Å². The van der Waals surface area contributed by atoms with Gasteiger partial charge < -0.3 is 9.88 Å². The van der Waals surface area contributed by atoms with E-state index < -0.39 is 0 Å². The number of halogens is 1. The normalized spacial score (nSPS) is 15.9. The molecule has 1 aliphatic rings. The van der Waals surface area contributed by atoms with Crippen LogP contribution in [0, 0.1) is 10.6 Å². The Balaban J connectivity index is 2.34. The summed E-state index contributed by atoms with van der Waals surface area (Å²) in [5.74, 6) is 1.54. The zero-order valence-corrected chi connectivity index (χ0v) is 12.7. The number of aromatic amines is 1. The molecule has 1 saturated heterocycles. The van der Waals surface area contributed by atoms with Gasteiger partial charge in [-0.05, 0) is 41.1 Å². The summed E-state index contributed by atoms with van der Waals surface area (Å²) in [5, 5.41) is 0. The molecular weight excluding hydrogens is 298 g/mol. The summed E-state index contributed by atoms with van der Waals surface area (Å²) >= 11 is 8.85. The van der Waals surface area contributed by atoms with E-state index in [2.05, 4.69) is 44.6 Å². The van der Waals surface area contributed by atoms with Gasteiger partial charge in [-0.2, -0.15) is 0 Å². The third kappa shape index (κ3) is 3.07. The maximum atomic E-state index is 5.31. The average Bonchev–Trinajstić information content (AvgIpc) is 2.77. The first-order chi connectivity index (χ1) is 8.08. The molecule has 1 aromatic rings. The van der Waals surface area contributed by atoms with Crippen LogP contribution in [0.4, 0.5) is 5.95 Å². The predicted octanol–water partition coefficient (Wildman–Crippen LogP) is 3.70. The smallest absolute Gasteiger partial charge is 0.204 e. The number of nitrogens with one attached hydrogen (secondary N) is 1. The predicted molar refractivity (Wildman–Crippen MR) is 77.1 cm³/mol. The fraction of sp³-hybridized carbons (Fsp3) is 0.667. The van der Waals surface area contributed by atoms with Crippen molar-refractivity contribution in [3.05, 3.63) is 14.8 Å². The van der Waals surface area contributed by atoms with Crippen LogP contribution in [-0.4, -0.2) is 23.1 Å². The number of hydrogen-bond acceptors (Lipinski definition) is 3. The molecule has 0 radical (unpaired) electrons. The SMILES string of the molecule is CC(C)Cc1[nH]c(N2CCCC2)nc(=S)c1Br. The molecule has 0 aliphatic carbocycles. The van der Waals surface area contributed by atoms with Crippen molar-refractivity contribution in [2.45, 2.75) is 33.1 Å². The fourth-order valence-electron chi connectivity index (χ4n) is 2.12. The summed E-state index contributed by atoms with van der Waals surface area (Å²) in [6.45, 7) is 6.58. The van der Waals surface area contributed by atoms with Crippen LogP contribution in [0.15, 0.2) is 4.47 Å². The van der Waals surface area contributed by atoms with Crippen molar-refractivity contribution in [1.82, 2.24) is 9.97 Å². The Bertz CT molecular complexity index is 450. The highest BCUT2D eigenvalue weighted by Crippen LogP contribution is 2.23. The largest absolute Gasteiger partial charge is 0.342 e. The molecule has 1 aliphatic heterocycles. The van der Waals surface area contributed by atoms with Gasteiger partial charge in [-0.1, -0.05) is 26.1 Å². The first-order valence-corrected chi connectivity index (χ1v) is 7.31. The zero-order valence-electron chi connectivity index (χ0n) is 10.3. The van der Waals surface area contributed by atoms with Crippen LogP contribution in [0.3, 0.4) is 0 Å². The molecule has 0 unspecified atom stereocenters. The molecule has 94 valence electrons. The Labute approximate surface area is 116 Å². The van der Waals surface area contributed by atoms with Gasteiger partial charge in [0.15, 0.2) is 0 Å². The molecule has 0 amide bonds. The van der Waals surface area contributed by atoms with E-state index in [0.717, 1.165) is 29.9 Å². The molecule has 17 heavy (non-hydrogen) atoms. The third-order valence-electron chi connectivity index (χ3n) is 2.94. The topological polar surface area (TPSA) is 31.9 Å². The lowest BCUT2D eigenvalue weighted by Gasteiger charge is -2.18. The van der Waals surface area contributed by atoms with Crippen LogP contribution >= 0.6 is 28.1 Å². The number of anilines is 1. The molecule has 3 nitrogen and oxygen atoms in total.